The summed E-state index contributed by atoms with van der Waals surface area (Å²) in [6, 6.07) is 9.62. The number of ether oxygens (including phenoxy) is 1. The number of nitrogens with one attached hydrogen (secondary N) is 1. The zero-order valence-electron chi connectivity index (χ0n) is 13.9. The maximum Gasteiger partial charge on any atom is 0.337 e. The van der Waals surface area contributed by atoms with Gasteiger partial charge in [-0.2, -0.15) is 0 Å². The number of nitrogens with two attached hydrogens (primary N) is 1. The number of rotatable bonds is 4. The van der Waals surface area contributed by atoms with Crippen LogP contribution >= 0.6 is 0 Å². The average molecular weight is 343 g/mol. The van der Waals surface area contributed by atoms with Gasteiger partial charge in [0.05, 0.1) is 18.4 Å². The van der Waals surface area contributed by atoms with Crippen LogP contribution in [0.25, 0.3) is 6.08 Å². The minimum atomic E-state index is -0.613. The Labute approximate surface area is 150 Å². The van der Waals surface area contributed by atoms with Gasteiger partial charge in [-0.3, -0.25) is 4.79 Å². The minimum absolute atomic E-state index is 0.106. The Balaban J connectivity index is 2.01. The van der Waals surface area contributed by atoms with E-state index in [1.165, 1.54) is 19.2 Å². The molecule has 0 radical (unpaired) electrons. The number of nitrogens with zero attached hydrogens (tertiary/aromatic N) is 1. The van der Waals surface area contributed by atoms with E-state index in [1.54, 1.807) is 30.3 Å². The summed E-state index contributed by atoms with van der Waals surface area (Å²) in [5.41, 5.74) is 9.59. The molecule has 2 aromatic rings. The molecule has 3 N–H and O–H groups in total. The van der Waals surface area contributed by atoms with Gasteiger partial charge in [0.1, 0.15) is 6.29 Å². The second kappa shape index (κ2) is 6.69. The number of hydrogen-bond donors (Lipinski definition) is 2. The highest BCUT2D eigenvalue weighted by molar-refractivity contribution is 6.93. The largest absolute Gasteiger partial charge is 0.465 e. The van der Waals surface area contributed by atoms with Crippen molar-refractivity contribution in [3.05, 3.63) is 64.1 Å². The van der Waals surface area contributed by atoms with Crippen molar-refractivity contribution < 1.29 is 14.3 Å². The van der Waals surface area contributed by atoms with Crippen LogP contribution in [0.5, 0.6) is 0 Å². The Morgan fingerprint density at radius 2 is 2.08 bits per heavy atom. The number of esters is 1. The Morgan fingerprint density at radius 1 is 1.31 bits per heavy atom. The Bertz CT molecular complexity index is 1020. The molecular weight excluding hydrogens is 329 g/mol. The fraction of sp³-hybridized carbons (Fsp3) is 0.0526. The van der Waals surface area contributed by atoms with Gasteiger partial charge in [-0.1, -0.05) is 23.7 Å². The van der Waals surface area contributed by atoms with Gasteiger partial charge in [-0.05, 0) is 35.3 Å². The molecular formula is C19H14BN3O3. The number of aldehydes is 1. The maximum atomic E-state index is 11.6. The third kappa shape index (κ3) is 2.78. The standard InChI is InChI=1S/C19H14BN3O3/c1-26-19(25)12-3-4-14(17(22)8-12)18(23)16-7-13-6-11(9-24)2-5-15(13)20(16)10-21/h2-9,23H,22H2,1H3. The fourth-order valence-electron chi connectivity index (χ4n) is 3.02. The van der Waals surface area contributed by atoms with E-state index >= 15 is 0 Å². The fourth-order valence-corrected chi connectivity index (χ4v) is 3.02. The van der Waals surface area contributed by atoms with Crippen molar-refractivity contribution >= 4 is 41.9 Å². The molecule has 0 aromatic heterocycles. The molecule has 6 nitrogen and oxygen atoms in total. The molecule has 1 heterocycles. The van der Waals surface area contributed by atoms with E-state index in [0.717, 1.165) is 17.3 Å². The van der Waals surface area contributed by atoms with Crippen LogP contribution in [0.2, 0.25) is 0 Å². The highest BCUT2D eigenvalue weighted by Gasteiger charge is 2.33. The molecule has 1 aliphatic heterocycles. The lowest BCUT2D eigenvalue weighted by molar-refractivity contribution is 0.0600. The van der Waals surface area contributed by atoms with Gasteiger partial charge in [0.25, 0.3) is 0 Å². The number of nitrogen functional groups attached to an aromatic ring is 1. The van der Waals surface area contributed by atoms with Crippen molar-refractivity contribution in [2.45, 2.75) is 0 Å². The zero-order chi connectivity index (χ0) is 18.8. The number of benzene rings is 2. The number of anilines is 1. The summed E-state index contributed by atoms with van der Waals surface area (Å²) in [7, 11) is 1.28. The Kier molecular flexibility index (Phi) is 4.42. The van der Waals surface area contributed by atoms with E-state index in [2.05, 4.69) is 10.7 Å². The summed E-state index contributed by atoms with van der Waals surface area (Å²) in [6.45, 7) is -0.613. The number of carbonyl (C=O) groups is 2. The second-order valence-electron chi connectivity index (χ2n) is 5.84. The van der Waals surface area contributed by atoms with Crippen molar-refractivity contribution in [1.29, 1.82) is 10.7 Å². The SMILES string of the molecule is COC(=O)c1ccc(C(=N)C2=Cc3cc(C=O)ccc3B2C#N)c(N)c1. The lowest BCUT2D eigenvalue weighted by Gasteiger charge is -2.11. The molecule has 0 unspecified atom stereocenters. The third-order valence-electron chi connectivity index (χ3n) is 4.34. The molecule has 0 spiro atoms. The van der Waals surface area contributed by atoms with Crippen LogP contribution in [0.15, 0.2) is 41.9 Å². The van der Waals surface area contributed by atoms with E-state index in [9.17, 15) is 14.9 Å². The molecule has 0 atom stereocenters. The molecule has 2 aromatic carbocycles. The van der Waals surface area contributed by atoms with Crippen molar-refractivity contribution in [2.75, 3.05) is 12.8 Å². The molecule has 0 saturated carbocycles. The van der Waals surface area contributed by atoms with E-state index < -0.39 is 12.7 Å². The first-order valence-corrected chi connectivity index (χ1v) is 7.77. The summed E-state index contributed by atoms with van der Waals surface area (Å²) >= 11 is 0. The number of hydrogen-bond acceptors (Lipinski definition) is 6. The average Bonchev–Trinajstić information content (AvgIpc) is 3.04. The molecule has 26 heavy (non-hydrogen) atoms. The first-order chi connectivity index (χ1) is 12.5. The van der Waals surface area contributed by atoms with Crippen molar-refractivity contribution in [2.24, 2.45) is 0 Å². The van der Waals surface area contributed by atoms with Crippen LogP contribution in [0.1, 0.15) is 31.8 Å². The van der Waals surface area contributed by atoms with Crippen LogP contribution in [-0.2, 0) is 4.74 Å². The van der Waals surface area contributed by atoms with Gasteiger partial charge in [-0.15, -0.1) is 0 Å². The van der Waals surface area contributed by atoms with Gasteiger partial charge in [0.15, 0.2) is 0 Å². The summed E-state index contributed by atoms with van der Waals surface area (Å²) in [5, 5.41) is 18.1. The van der Waals surface area contributed by atoms with Crippen molar-refractivity contribution in [3.8, 4) is 5.97 Å². The monoisotopic (exact) mass is 343 g/mol. The van der Waals surface area contributed by atoms with Crippen LogP contribution in [0.3, 0.4) is 0 Å². The van der Waals surface area contributed by atoms with Gasteiger partial charge in [0, 0.05) is 22.8 Å². The normalized spacial score (nSPS) is 12.0. The predicted molar refractivity (Wildman–Crippen MR) is 99.8 cm³/mol. The quantitative estimate of drug-likeness (QED) is 0.288. The second-order valence-corrected chi connectivity index (χ2v) is 5.84. The summed E-state index contributed by atoms with van der Waals surface area (Å²) in [4.78, 5) is 22.6. The van der Waals surface area contributed by atoms with E-state index in [0.29, 0.717) is 16.6 Å². The van der Waals surface area contributed by atoms with E-state index in [4.69, 9.17) is 11.1 Å². The highest BCUT2D eigenvalue weighted by atomic mass is 16.5. The van der Waals surface area contributed by atoms with Gasteiger partial charge >= 0.3 is 12.7 Å². The van der Waals surface area contributed by atoms with Crippen molar-refractivity contribution in [1.82, 2.24) is 0 Å². The van der Waals surface area contributed by atoms with Crippen molar-refractivity contribution in [3.63, 3.8) is 0 Å². The first kappa shape index (κ1) is 17.2. The van der Waals surface area contributed by atoms with Gasteiger partial charge in [0.2, 0.25) is 0 Å². The topological polar surface area (TPSA) is 117 Å². The van der Waals surface area contributed by atoms with Gasteiger partial charge in [-0.25, -0.2) is 10.1 Å². The van der Waals surface area contributed by atoms with Crippen LogP contribution < -0.4 is 11.2 Å². The molecule has 0 aliphatic carbocycles. The predicted octanol–water partition coefficient (Wildman–Crippen LogP) is 1.64. The molecule has 126 valence electrons. The molecule has 0 saturated heterocycles. The van der Waals surface area contributed by atoms with Gasteiger partial charge < -0.3 is 15.9 Å². The van der Waals surface area contributed by atoms with Crippen LogP contribution in [0, 0.1) is 16.6 Å². The van der Waals surface area contributed by atoms with Crippen LogP contribution in [0.4, 0.5) is 5.69 Å². The smallest absolute Gasteiger partial charge is 0.337 e. The zero-order valence-corrected chi connectivity index (χ0v) is 13.9. The number of fused-ring (bicyclic) bond motifs is 1. The first-order valence-electron chi connectivity index (χ1n) is 7.77. The number of methoxy groups -OCH3 is 1. The molecule has 7 heteroatoms. The highest BCUT2D eigenvalue weighted by Crippen LogP contribution is 2.25. The third-order valence-corrected chi connectivity index (χ3v) is 4.34. The minimum Gasteiger partial charge on any atom is -0.465 e. The number of allylic oxidation sites excluding steroid dienone is 1. The lowest BCUT2D eigenvalue weighted by atomic mass is 9.42. The molecule has 0 amide bonds. The Morgan fingerprint density at radius 3 is 2.69 bits per heavy atom. The molecule has 0 fully saturated rings. The summed E-state index contributed by atoms with van der Waals surface area (Å²) in [6.07, 6.45) is 2.47. The lowest BCUT2D eigenvalue weighted by Crippen LogP contribution is -2.32. The molecule has 0 bridgehead atoms. The maximum absolute atomic E-state index is 11.6. The number of carbonyl (C=O) groups excluding carboxylic acids is 2. The molecule has 1 aliphatic rings. The Hall–Kier alpha value is -3.66. The number of nitriles is 1. The molecule has 3 rings (SSSR count). The summed E-state index contributed by atoms with van der Waals surface area (Å²) in [5.74, 6) is 1.69. The summed E-state index contributed by atoms with van der Waals surface area (Å²) < 4.78 is 4.66. The van der Waals surface area contributed by atoms with E-state index in [-0.39, 0.29) is 17.0 Å². The van der Waals surface area contributed by atoms with E-state index in [1.807, 2.05) is 0 Å². The van der Waals surface area contributed by atoms with Crippen LogP contribution in [-0.4, -0.2) is 31.8 Å².